The summed E-state index contributed by atoms with van der Waals surface area (Å²) in [7, 11) is -3.65. The number of halogens is 1. The number of carbonyl (C=O) groups excluding carboxylic acids is 2. The van der Waals surface area contributed by atoms with Crippen LogP contribution in [0.4, 0.5) is 10.1 Å². The van der Waals surface area contributed by atoms with Crippen LogP contribution in [0.2, 0.25) is 0 Å². The summed E-state index contributed by atoms with van der Waals surface area (Å²) in [5, 5.41) is 2.98. The molecule has 0 heterocycles. The van der Waals surface area contributed by atoms with Gasteiger partial charge in [-0.1, -0.05) is 48.5 Å². The van der Waals surface area contributed by atoms with Gasteiger partial charge in [0.05, 0.1) is 18.6 Å². The maximum Gasteiger partial charge on any atom is 0.243 e. The minimum Gasteiger partial charge on any atom is -0.494 e. The molecule has 2 amide bonds. The summed E-state index contributed by atoms with van der Waals surface area (Å²) >= 11 is 0. The van der Waals surface area contributed by atoms with Crippen LogP contribution in [0.5, 0.6) is 5.75 Å². The summed E-state index contributed by atoms with van der Waals surface area (Å²) in [6.45, 7) is 7.84. The van der Waals surface area contributed by atoms with Gasteiger partial charge in [-0.2, -0.15) is 0 Å². The molecule has 1 unspecified atom stereocenters. The van der Waals surface area contributed by atoms with E-state index in [1.165, 1.54) is 15.3 Å². The van der Waals surface area contributed by atoms with Gasteiger partial charge in [0.1, 0.15) is 17.6 Å². The lowest BCUT2D eigenvalue weighted by molar-refractivity contribution is -0.142. The third kappa shape index (κ3) is 10.4. The Kier molecular flexibility index (Phi) is 11.7. The number of nitrogens with zero attached hydrogens (tertiary/aromatic N) is 2. The Bertz CT molecular complexity index is 1460. The van der Waals surface area contributed by atoms with Crippen LogP contribution in [-0.4, -0.2) is 56.1 Å². The Hall–Kier alpha value is -3.92. The molecular formula is C33H42FN3O5S. The van der Waals surface area contributed by atoms with Gasteiger partial charge in [0.15, 0.2) is 0 Å². The average Bonchev–Trinajstić information content (AvgIpc) is 2.93. The van der Waals surface area contributed by atoms with Crippen molar-refractivity contribution in [2.45, 2.75) is 65.1 Å². The Balaban J connectivity index is 1.89. The molecule has 10 heteroatoms. The van der Waals surface area contributed by atoms with E-state index in [2.05, 4.69) is 5.32 Å². The highest BCUT2D eigenvalue weighted by atomic mass is 32.2. The standard InChI is InChI=1S/C33H42FN3O5S/c1-6-42-28-20-18-27(19-21-28)37(43(5,40)41)22-12-17-31(38)36(24-26-15-10-11-16-29(26)34)30(32(39)35-33(2,3)4)23-25-13-8-7-9-14-25/h7-11,13-16,18-21,30H,6,12,17,22-24H2,1-5H3,(H,35,39). The molecule has 1 N–H and O–H groups in total. The van der Waals surface area contributed by atoms with Crippen molar-refractivity contribution >= 4 is 27.5 Å². The zero-order chi connectivity index (χ0) is 31.6. The number of sulfonamides is 1. The van der Waals surface area contributed by atoms with Gasteiger partial charge in [0, 0.05) is 37.0 Å². The molecule has 0 fully saturated rings. The van der Waals surface area contributed by atoms with Gasteiger partial charge in [0.2, 0.25) is 21.8 Å². The smallest absolute Gasteiger partial charge is 0.243 e. The van der Waals surface area contributed by atoms with Gasteiger partial charge < -0.3 is 15.0 Å². The molecule has 0 aliphatic heterocycles. The maximum absolute atomic E-state index is 14.8. The fraction of sp³-hybridized carbons (Fsp3) is 0.394. The first-order valence-electron chi connectivity index (χ1n) is 14.4. The van der Waals surface area contributed by atoms with Crippen LogP contribution in [0.25, 0.3) is 0 Å². The number of benzene rings is 3. The molecule has 3 rings (SSSR count). The van der Waals surface area contributed by atoms with Gasteiger partial charge in [-0.3, -0.25) is 13.9 Å². The van der Waals surface area contributed by atoms with E-state index in [1.54, 1.807) is 42.5 Å². The summed E-state index contributed by atoms with van der Waals surface area (Å²) in [6.07, 6.45) is 1.48. The van der Waals surface area contributed by atoms with E-state index < -0.39 is 27.4 Å². The number of anilines is 1. The summed E-state index contributed by atoms with van der Waals surface area (Å²) in [4.78, 5) is 29.0. The van der Waals surface area contributed by atoms with E-state index in [1.807, 2.05) is 58.0 Å². The molecule has 0 saturated heterocycles. The maximum atomic E-state index is 14.8. The van der Waals surface area contributed by atoms with Crippen molar-refractivity contribution in [2.75, 3.05) is 23.7 Å². The zero-order valence-corrected chi connectivity index (χ0v) is 26.4. The summed E-state index contributed by atoms with van der Waals surface area (Å²) in [5.74, 6) is -0.591. The lowest BCUT2D eigenvalue weighted by atomic mass is 10.00. The molecule has 232 valence electrons. The molecule has 3 aromatic carbocycles. The van der Waals surface area contributed by atoms with Crippen LogP contribution in [0, 0.1) is 5.82 Å². The van der Waals surface area contributed by atoms with E-state index in [4.69, 9.17) is 4.74 Å². The number of hydrogen-bond donors (Lipinski definition) is 1. The molecule has 43 heavy (non-hydrogen) atoms. The first-order valence-corrected chi connectivity index (χ1v) is 16.2. The highest BCUT2D eigenvalue weighted by molar-refractivity contribution is 7.92. The lowest BCUT2D eigenvalue weighted by Crippen LogP contribution is -2.54. The van der Waals surface area contributed by atoms with Crippen LogP contribution in [0.3, 0.4) is 0 Å². The molecule has 3 aromatic rings. The number of hydrogen-bond acceptors (Lipinski definition) is 5. The fourth-order valence-corrected chi connectivity index (χ4v) is 5.66. The van der Waals surface area contributed by atoms with Crippen molar-refractivity contribution in [2.24, 2.45) is 0 Å². The topological polar surface area (TPSA) is 96.0 Å². The molecule has 1 atom stereocenters. The Morgan fingerprint density at radius 1 is 0.953 bits per heavy atom. The van der Waals surface area contributed by atoms with E-state index in [9.17, 15) is 22.4 Å². The van der Waals surface area contributed by atoms with Crippen molar-refractivity contribution in [3.05, 3.63) is 95.8 Å². The molecule has 0 aliphatic rings. The second kappa shape index (κ2) is 15.0. The first-order chi connectivity index (χ1) is 20.3. The quantitative estimate of drug-likeness (QED) is 0.266. The van der Waals surface area contributed by atoms with Crippen LogP contribution in [0.1, 0.15) is 51.7 Å². The SMILES string of the molecule is CCOc1ccc(N(CCCC(=O)N(Cc2ccccc2F)C(Cc2ccccc2)C(=O)NC(C)(C)C)S(C)(=O)=O)cc1. The minimum atomic E-state index is -3.65. The number of ether oxygens (including phenoxy) is 1. The molecule has 0 spiro atoms. The number of amides is 2. The van der Waals surface area contributed by atoms with Crippen molar-refractivity contribution in [3.8, 4) is 5.75 Å². The van der Waals surface area contributed by atoms with Gasteiger partial charge in [-0.15, -0.1) is 0 Å². The molecular weight excluding hydrogens is 569 g/mol. The highest BCUT2D eigenvalue weighted by Crippen LogP contribution is 2.23. The highest BCUT2D eigenvalue weighted by Gasteiger charge is 2.32. The molecule has 0 saturated carbocycles. The van der Waals surface area contributed by atoms with Crippen molar-refractivity contribution in [3.63, 3.8) is 0 Å². The third-order valence-electron chi connectivity index (χ3n) is 6.66. The molecule has 0 bridgehead atoms. The van der Waals surface area contributed by atoms with Crippen molar-refractivity contribution in [1.82, 2.24) is 10.2 Å². The van der Waals surface area contributed by atoms with Gasteiger partial charge in [0.25, 0.3) is 0 Å². The Morgan fingerprint density at radius 3 is 2.16 bits per heavy atom. The lowest BCUT2D eigenvalue weighted by Gasteiger charge is -2.34. The Labute approximate surface area is 254 Å². The van der Waals surface area contributed by atoms with Crippen LogP contribution >= 0.6 is 0 Å². The number of carbonyl (C=O) groups is 2. The van der Waals surface area contributed by atoms with Crippen molar-refractivity contribution < 1.29 is 27.1 Å². The third-order valence-corrected chi connectivity index (χ3v) is 7.85. The summed E-state index contributed by atoms with van der Waals surface area (Å²) < 4.78 is 46.8. The van der Waals surface area contributed by atoms with Crippen LogP contribution in [-0.2, 0) is 32.6 Å². The van der Waals surface area contributed by atoms with Gasteiger partial charge in [-0.05, 0) is 70.0 Å². The van der Waals surface area contributed by atoms with Crippen LogP contribution in [0.15, 0.2) is 78.9 Å². The summed E-state index contributed by atoms with van der Waals surface area (Å²) in [5.41, 5.74) is 1.02. The van der Waals surface area contributed by atoms with Crippen molar-refractivity contribution in [1.29, 1.82) is 0 Å². The second-order valence-electron chi connectivity index (χ2n) is 11.4. The predicted octanol–water partition coefficient (Wildman–Crippen LogP) is 5.33. The molecule has 0 aliphatic carbocycles. The minimum absolute atomic E-state index is 0.0453. The normalized spacial score (nSPS) is 12.3. The Morgan fingerprint density at radius 2 is 1.58 bits per heavy atom. The number of rotatable bonds is 14. The average molecular weight is 612 g/mol. The zero-order valence-electron chi connectivity index (χ0n) is 25.5. The summed E-state index contributed by atoms with van der Waals surface area (Å²) in [6, 6.07) is 21.3. The largest absolute Gasteiger partial charge is 0.494 e. The molecule has 0 radical (unpaired) electrons. The first kappa shape index (κ1) is 33.6. The van der Waals surface area contributed by atoms with Crippen LogP contribution < -0.4 is 14.4 Å². The van der Waals surface area contributed by atoms with Gasteiger partial charge >= 0.3 is 0 Å². The van der Waals surface area contributed by atoms with E-state index in [0.717, 1.165) is 11.8 Å². The molecule has 0 aromatic heterocycles. The second-order valence-corrected chi connectivity index (χ2v) is 13.3. The van der Waals surface area contributed by atoms with E-state index in [0.29, 0.717) is 18.0 Å². The van der Waals surface area contributed by atoms with E-state index >= 15 is 0 Å². The fourth-order valence-electron chi connectivity index (χ4n) is 4.70. The monoisotopic (exact) mass is 611 g/mol. The predicted molar refractivity (Wildman–Crippen MR) is 168 cm³/mol. The number of nitrogens with one attached hydrogen (secondary N) is 1. The molecule has 8 nitrogen and oxygen atoms in total. The van der Waals surface area contributed by atoms with Gasteiger partial charge in [-0.25, -0.2) is 12.8 Å². The van der Waals surface area contributed by atoms with E-state index in [-0.39, 0.29) is 49.7 Å².